The molecule has 1 fully saturated rings. The first kappa shape index (κ1) is 7.85. The number of fused-ring (bicyclic) bond motifs is 1. The Hall–Kier alpha value is -0.780. The Bertz CT molecular complexity index is 232. The van der Waals surface area contributed by atoms with Gasteiger partial charge in [0.05, 0.1) is 0 Å². The number of rotatable bonds is 2. The number of allylic oxidation sites excluding steroid dienone is 6. The molecule has 0 nitrogen and oxygen atoms in total. The Morgan fingerprint density at radius 1 is 1.33 bits per heavy atom. The molecule has 0 radical (unpaired) electrons. The van der Waals surface area contributed by atoms with Crippen LogP contribution in [0.1, 0.15) is 19.8 Å². The molecule has 0 aromatic carbocycles. The molecule has 0 heteroatoms. The normalized spacial score (nSPS) is 39.2. The minimum absolute atomic E-state index is 0.736. The van der Waals surface area contributed by atoms with Crippen LogP contribution in [0.2, 0.25) is 0 Å². The number of hydrogen-bond acceptors (Lipinski definition) is 0. The van der Waals surface area contributed by atoms with E-state index in [1.807, 2.05) is 0 Å². The first-order valence-electron chi connectivity index (χ1n) is 4.88. The molecule has 12 heavy (non-hydrogen) atoms. The molecule has 2 rings (SSSR count). The van der Waals surface area contributed by atoms with Gasteiger partial charge >= 0.3 is 0 Å². The summed E-state index contributed by atoms with van der Waals surface area (Å²) < 4.78 is 0. The lowest BCUT2D eigenvalue weighted by molar-refractivity contribution is 0.592. The molecule has 0 aromatic heterocycles. The van der Waals surface area contributed by atoms with Crippen LogP contribution in [0.5, 0.6) is 0 Å². The van der Waals surface area contributed by atoms with Crippen molar-refractivity contribution in [2.75, 3.05) is 0 Å². The molecule has 2 aliphatic rings. The third-order valence-corrected chi connectivity index (χ3v) is 2.91. The topological polar surface area (TPSA) is 0 Å². The van der Waals surface area contributed by atoms with Crippen molar-refractivity contribution in [2.24, 2.45) is 17.8 Å². The summed E-state index contributed by atoms with van der Waals surface area (Å²) in [5, 5.41) is 0. The lowest BCUT2D eigenvalue weighted by atomic mass is 9.95. The van der Waals surface area contributed by atoms with Crippen LogP contribution in [0.3, 0.4) is 0 Å². The fourth-order valence-corrected chi connectivity index (χ4v) is 2.08. The quantitative estimate of drug-likeness (QED) is 0.429. The van der Waals surface area contributed by atoms with Crippen LogP contribution in [0, 0.1) is 17.8 Å². The smallest absolute Gasteiger partial charge is 0.00192 e. The third-order valence-electron chi connectivity index (χ3n) is 2.91. The molecule has 0 heterocycles. The average molecular weight is 160 g/mol. The van der Waals surface area contributed by atoms with Crippen molar-refractivity contribution in [1.82, 2.24) is 0 Å². The van der Waals surface area contributed by atoms with Crippen molar-refractivity contribution in [2.45, 2.75) is 19.8 Å². The van der Waals surface area contributed by atoms with E-state index in [2.05, 4.69) is 43.4 Å². The first-order valence-corrected chi connectivity index (χ1v) is 4.88. The van der Waals surface area contributed by atoms with Crippen molar-refractivity contribution in [3.8, 4) is 0 Å². The molecule has 2 aliphatic carbocycles. The first-order chi connectivity index (χ1) is 5.92. The molecule has 0 spiro atoms. The van der Waals surface area contributed by atoms with Crippen molar-refractivity contribution in [3.05, 3.63) is 36.5 Å². The van der Waals surface area contributed by atoms with Crippen LogP contribution in [-0.4, -0.2) is 0 Å². The lowest BCUT2D eigenvalue weighted by Gasteiger charge is -2.10. The highest BCUT2D eigenvalue weighted by Gasteiger charge is 2.41. The SMILES string of the molecule is CC=CC=CC1C=CCC2CC12. The van der Waals surface area contributed by atoms with Crippen LogP contribution < -0.4 is 0 Å². The molecule has 0 N–H and O–H groups in total. The van der Waals surface area contributed by atoms with Gasteiger partial charge in [0.2, 0.25) is 0 Å². The van der Waals surface area contributed by atoms with E-state index in [9.17, 15) is 0 Å². The summed E-state index contributed by atoms with van der Waals surface area (Å²) in [6, 6.07) is 0. The Balaban J connectivity index is 1.95. The van der Waals surface area contributed by atoms with Gasteiger partial charge in [-0.05, 0) is 37.5 Å². The summed E-state index contributed by atoms with van der Waals surface area (Å²) >= 11 is 0. The maximum atomic E-state index is 2.37. The van der Waals surface area contributed by atoms with Crippen molar-refractivity contribution in [1.29, 1.82) is 0 Å². The zero-order chi connectivity index (χ0) is 8.39. The highest BCUT2D eigenvalue weighted by molar-refractivity contribution is 5.17. The number of hydrogen-bond donors (Lipinski definition) is 0. The second kappa shape index (κ2) is 3.30. The molecule has 0 aliphatic heterocycles. The minimum atomic E-state index is 0.736. The van der Waals surface area contributed by atoms with Gasteiger partial charge in [-0.25, -0.2) is 0 Å². The highest BCUT2D eigenvalue weighted by Crippen LogP contribution is 2.50. The van der Waals surface area contributed by atoms with Crippen molar-refractivity contribution >= 4 is 0 Å². The third kappa shape index (κ3) is 1.52. The van der Waals surface area contributed by atoms with Gasteiger partial charge in [-0.15, -0.1) is 0 Å². The van der Waals surface area contributed by atoms with E-state index >= 15 is 0 Å². The maximum absolute atomic E-state index is 2.37. The fourth-order valence-electron chi connectivity index (χ4n) is 2.08. The zero-order valence-corrected chi connectivity index (χ0v) is 7.61. The average Bonchev–Trinajstić information content (AvgIpc) is 2.84. The predicted molar refractivity (Wildman–Crippen MR) is 52.8 cm³/mol. The van der Waals surface area contributed by atoms with E-state index in [0.717, 1.165) is 17.8 Å². The van der Waals surface area contributed by atoms with Gasteiger partial charge in [0, 0.05) is 0 Å². The van der Waals surface area contributed by atoms with Crippen molar-refractivity contribution in [3.63, 3.8) is 0 Å². The molecule has 64 valence electrons. The van der Waals surface area contributed by atoms with E-state index in [0.29, 0.717) is 0 Å². The Morgan fingerprint density at radius 2 is 2.25 bits per heavy atom. The van der Waals surface area contributed by atoms with E-state index < -0.39 is 0 Å². The van der Waals surface area contributed by atoms with E-state index in [1.54, 1.807) is 0 Å². The largest absolute Gasteiger partial charge is 0.0877 e. The van der Waals surface area contributed by atoms with Crippen molar-refractivity contribution < 1.29 is 0 Å². The fraction of sp³-hybridized carbons (Fsp3) is 0.500. The summed E-state index contributed by atoms with van der Waals surface area (Å²) in [4.78, 5) is 0. The standard InChI is InChI=1S/C12H16/c1-2-3-4-6-10-7-5-8-11-9-12(10)11/h2-7,10-12H,8-9H2,1H3. The van der Waals surface area contributed by atoms with Gasteiger partial charge in [-0.2, -0.15) is 0 Å². The molecule has 1 saturated carbocycles. The van der Waals surface area contributed by atoms with E-state index in [-0.39, 0.29) is 0 Å². The molecule has 0 aromatic rings. The van der Waals surface area contributed by atoms with E-state index in [1.165, 1.54) is 12.8 Å². The Labute approximate surface area is 74.7 Å². The molecule has 3 atom stereocenters. The van der Waals surface area contributed by atoms with Gasteiger partial charge in [-0.3, -0.25) is 0 Å². The van der Waals surface area contributed by atoms with Gasteiger partial charge < -0.3 is 0 Å². The van der Waals surface area contributed by atoms with Crippen LogP contribution >= 0.6 is 0 Å². The molecular weight excluding hydrogens is 144 g/mol. The second-order valence-corrected chi connectivity index (χ2v) is 3.81. The van der Waals surface area contributed by atoms with Crippen LogP contribution in [0.15, 0.2) is 36.5 Å². The monoisotopic (exact) mass is 160 g/mol. The van der Waals surface area contributed by atoms with E-state index in [4.69, 9.17) is 0 Å². The van der Waals surface area contributed by atoms with Gasteiger partial charge in [0.15, 0.2) is 0 Å². The molecule has 0 bridgehead atoms. The predicted octanol–water partition coefficient (Wildman–Crippen LogP) is 3.33. The molecule has 0 saturated heterocycles. The zero-order valence-electron chi connectivity index (χ0n) is 7.61. The second-order valence-electron chi connectivity index (χ2n) is 3.81. The molecular formula is C12H16. The van der Waals surface area contributed by atoms with Crippen LogP contribution in [0.25, 0.3) is 0 Å². The molecule has 3 unspecified atom stereocenters. The van der Waals surface area contributed by atoms with Gasteiger partial charge in [-0.1, -0.05) is 36.5 Å². The summed E-state index contributed by atoms with van der Waals surface area (Å²) in [7, 11) is 0. The summed E-state index contributed by atoms with van der Waals surface area (Å²) in [5.41, 5.74) is 0. The Kier molecular flexibility index (Phi) is 2.16. The lowest BCUT2D eigenvalue weighted by Crippen LogP contribution is -2.00. The summed E-state index contributed by atoms with van der Waals surface area (Å²) in [6.07, 6.45) is 16.2. The highest BCUT2D eigenvalue weighted by atomic mass is 14.5. The Morgan fingerprint density at radius 3 is 3.08 bits per heavy atom. The summed E-state index contributed by atoms with van der Waals surface area (Å²) in [5.74, 6) is 2.74. The molecule has 0 amide bonds. The van der Waals surface area contributed by atoms with Gasteiger partial charge in [0.25, 0.3) is 0 Å². The van der Waals surface area contributed by atoms with Gasteiger partial charge in [0.1, 0.15) is 0 Å². The summed E-state index contributed by atoms with van der Waals surface area (Å²) in [6.45, 7) is 2.06. The van der Waals surface area contributed by atoms with Crippen LogP contribution in [0.4, 0.5) is 0 Å². The van der Waals surface area contributed by atoms with Crippen LogP contribution in [-0.2, 0) is 0 Å². The minimum Gasteiger partial charge on any atom is -0.0877 e. The maximum Gasteiger partial charge on any atom is -0.00192 e.